The fourth-order valence-corrected chi connectivity index (χ4v) is 2.97. The summed E-state index contributed by atoms with van der Waals surface area (Å²) in [4.78, 5) is 2.32. The lowest BCUT2D eigenvalue weighted by atomic mass is 9.97. The van der Waals surface area contributed by atoms with E-state index in [2.05, 4.69) is 25.7 Å². The Labute approximate surface area is 113 Å². The third-order valence-corrected chi connectivity index (χ3v) is 3.75. The molecule has 2 N–H and O–H groups in total. The number of rotatable bonds is 1. The van der Waals surface area contributed by atoms with E-state index in [-0.39, 0.29) is 23.4 Å². The van der Waals surface area contributed by atoms with Gasteiger partial charge in [-0.3, -0.25) is 4.90 Å². The van der Waals surface area contributed by atoms with Crippen molar-refractivity contribution in [2.75, 3.05) is 6.54 Å². The summed E-state index contributed by atoms with van der Waals surface area (Å²) in [5.41, 5.74) is 7.08. The fraction of sp³-hybridized carbons (Fsp3) is 0.571. The van der Waals surface area contributed by atoms with Crippen LogP contribution >= 0.6 is 11.6 Å². The van der Waals surface area contributed by atoms with Gasteiger partial charge in [-0.1, -0.05) is 11.6 Å². The summed E-state index contributed by atoms with van der Waals surface area (Å²) in [6.07, 6.45) is 0.927. The van der Waals surface area contributed by atoms with Crippen molar-refractivity contribution >= 4 is 11.6 Å². The van der Waals surface area contributed by atoms with Crippen LogP contribution in [0, 0.1) is 5.82 Å². The van der Waals surface area contributed by atoms with Gasteiger partial charge in [0, 0.05) is 23.1 Å². The third-order valence-electron chi connectivity index (χ3n) is 3.53. The largest absolute Gasteiger partial charge is 0.326 e. The maximum Gasteiger partial charge on any atom is 0.125 e. The van der Waals surface area contributed by atoms with E-state index >= 15 is 0 Å². The predicted octanol–water partition coefficient (Wildman–Crippen LogP) is 3.35. The molecule has 0 radical (unpaired) electrons. The van der Waals surface area contributed by atoms with E-state index in [1.807, 2.05) is 6.07 Å². The number of nitrogens with two attached hydrogens (primary N) is 1. The molecular weight excluding hydrogens is 251 g/mol. The standard InChI is InChI=1S/C14H20ClFN2/c1-14(2,3)18-5-4-12(17)13(18)9-6-10(15)8-11(16)7-9/h6-8,12-13H,4-5,17H2,1-3H3. The van der Waals surface area contributed by atoms with Crippen LogP contribution in [-0.4, -0.2) is 23.0 Å². The topological polar surface area (TPSA) is 29.3 Å². The van der Waals surface area contributed by atoms with E-state index in [1.165, 1.54) is 6.07 Å². The minimum Gasteiger partial charge on any atom is -0.326 e. The van der Waals surface area contributed by atoms with Gasteiger partial charge >= 0.3 is 0 Å². The Hall–Kier alpha value is -0.640. The second kappa shape index (κ2) is 4.80. The highest BCUT2D eigenvalue weighted by Gasteiger charge is 2.38. The summed E-state index contributed by atoms with van der Waals surface area (Å²) in [6.45, 7) is 7.39. The molecule has 4 heteroatoms. The lowest BCUT2D eigenvalue weighted by Crippen LogP contribution is -2.43. The molecule has 1 aliphatic heterocycles. The van der Waals surface area contributed by atoms with Crippen molar-refractivity contribution in [3.05, 3.63) is 34.6 Å². The zero-order chi connectivity index (χ0) is 13.5. The summed E-state index contributed by atoms with van der Waals surface area (Å²) < 4.78 is 13.5. The Morgan fingerprint density at radius 2 is 2.00 bits per heavy atom. The Morgan fingerprint density at radius 1 is 1.33 bits per heavy atom. The van der Waals surface area contributed by atoms with Gasteiger partial charge in [-0.15, -0.1) is 0 Å². The molecule has 1 aromatic carbocycles. The van der Waals surface area contributed by atoms with Crippen LogP contribution in [-0.2, 0) is 0 Å². The smallest absolute Gasteiger partial charge is 0.125 e. The number of hydrogen-bond acceptors (Lipinski definition) is 2. The minimum atomic E-state index is -0.301. The van der Waals surface area contributed by atoms with Crippen LogP contribution in [0.3, 0.4) is 0 Å². The maximum atomic E-state index is 13.5. The second-order valence-electron chi connectivity index (χ2n) is 5.96. The summed E-state index contributed by atoms with van der Waals surface area (Å²) in [5, 5.41) is 0.429. The van der Waals surface area contributed by atoms with E-state index in [4.69, 9.17) is 17.3 Å². The zero-order valence-corrected chi connectivity index (χ0v) is 11.8. The molecule has 1 aliphatic rings. The predicted molar refractivity (Wildman–Crippen MR) is 73.2 cm³/mol. The summed E-state index contributed by atoms with van der Waals surface area (Å²) in [5.74, 6) is -0.301. The first kappa shape index (κ1) is 13.8. The fourth-order valence-electron chi connectivity index (χ4n) is 2.74. The molecular formula is C14H20ClFN2. The van der Waals surface area contributed by atoms with Crippen molar-refractivity contribution in [3.8, 4) is 0 Å². The molecule has 0 aliphatic carbocycles. The summed E-state index contributed by atoms with van der Waals surface area (Å²) in [6, 6.07) is 4.76. The van der Waals surface area contributed by atoms with E-state index in [9.17, 15) is 4.39 Å². The van der Waals surface area contributed by atoms with Gasteiger partial charge in [0.05, 0.1) is 6.04 Å². The molecule has 18 heavy (non-hydrogen) atoms. The second-order valence-corrected chi connectivity index (χ2v) is 6.40. The molecule has 0 aromatic heterocycles. The van der Waals surface area contributed by atoms with Gasteiger partial charge in [0.25, 0.3) is 0 Å². The van der Waals surface area contributed by atoms with E-state index in [1.54, 1.807) is 6.07 Å². The van der Waals surface area contributed by atoms with Gasteiger partial charge < -0.3 is 5.73 Å². The van der Waals surface area contributed by atoms with Gasteiger partial charge in [-0.25, -0.2) is 4.39 Å². The van der Waals surface area contributed by atoms with Crippen molar-refractivity contribution in [1.82, 2.24) is 4.90 Å². The summed E-state index contributed by atoms with van der Waals surface area (Å²) >= 11 is 5.94. The van der Waals surface area contributed by atoms with Crippen molar-refractivity contribution in [1.29, 1.82) is 0 Å². The minimum absolute atomic E-state index is 0.0115. The van der Waals surface area contributed by atoms with Gasteiger partial charge in [0.1, 0.15) is 5.82 Å². The van der Waals surface area contributed by atoms with Gasteiger partial charge in [0.2, 0.25) is 0 Å². The molecule has 0 spiro atoms. The van der Waals surface area contributed by atoms with Crippen molar-refractivity contribution < 1.29 is 4.39 Å². The van der Waals surface area contributed by atoms with Crippen molar-refractivity contribution in [3.63, 3.8) is 0 Å². The molecule has 2 nitrogen and oxygen atoms in total. The van der Waals surface area contributed by atoms with Gasteiger partial charge in [-0.05, 0) is 51.0 Å². The van der Waals surface area contributed by atoms with Gasteiger partial charge in [-0.2, -0.15) is 0 Å². The Morgan fingerprint density at radius 3 is 2.56 bits per heavy atom. The normalized spacial score (nSPS) is 25.7. The maximum absolute atomic E-state index is 13.5. The number of likely N-dealkylation sites (tertiary alicyclic amines) is 1. The SMILES string of the molecule is CC(C)(C)N1CCC(N)C1c1cc(F)cc(Cl)c1. The molecule has 0 amide bonds. The van der Waals surface area contributed by atoms with Crippen molar-refractivity contribution in [2.24, 2.45) is 5.73 Å². The number of hydrogen-bond donors (Lipinski definition) is 1. The average molecular weight is 271 g/mol. The van der Waals surface area contributed by atoms with E-state index in [0.717, 1.165) is 18.5 Å². The van der Waals surface area contributed by atoms with Crippen LogP contribution in [0.15, 0.2) is 18.2 Å². The van der Waals surface area contributed by atoms with Crippen LogP contribution in [0.4, 0.5) is 4.39 Å². The van der Waals surface area contributed by atoms with Crippen LogP contribution in [0.1, 0.15) is 38.8 Å². The summed E-state index contributed by atoms with van der Waals surface area (Å²) in [7, 11) is 0. The lowest BCUT2D eigenvalue weighted by molar-refractivity contribution is 0.117. The molecule has 1 heterocycles. The Balaban J connectivity index is 2.39. The highest BCUT2D eigenvalue weighted by molar-refractivity contribution is 6.30. The monoisotopic (exact) mass is 270 g/mol. The first-order valence-electron chi connectivity index (χ1n) is 6.27. The van der Waals surface area contributed by atoms with Crippen LogP contribution in [0.25, 0.3) is 0 Å². The first-order valence-corrected chi connectivity index (χ1v) is 6.65. The van der Waals surface area contributed by atoms with Crippen LogP contribution < -0.4 is 5.73 Å². The molecule has 2 unspecified atom stereocenters. The third kappa shape index (κ3) is 2.68. The Kier molecular flexibility index (Phi) is 3.67. The Bertz CT molecular complexity index is 422. The number of benzene rings is 1. The van der Waals surface area contributed by atoms with Crippen LogP contribution in [0.5, 0.6) is 0 Å². The molecule has 2 rings (SSSR count). The highest BCUT2D eigenvalue weighted by atomic mass is 35.5. The first-order chi connectivity index (χ1) is 8.29. The lowest BCUT2D eigenvalue weighted by Gasteiger charge is -2.38. The number of halogens is 2. The highest BCUT2D eigenvalue weighted by Crippen LogP contribution is 2.37. The van der Waals surface area contributed by atoms with E-state index < -0.39 is 0 Å². The molecule has 2 atom stereocenters. The van der Waals surface area contributed by atoms with Gasteiger partial charge in [0.15, 0.2) is 0 Å². The molecule has 100 valence electrons. The van der Waals surface area contributed by atoms with Crippen LogP contribution in [0.2, 0.25) is 5.02 Å². The molecule has 1 aromatic rings. The van der Waals surface area contributed by atoms with E-state index in [0.29, 0.717) is 5.02 Å². The molecule has 1 fully saturated rings. The zero-order valence-electron chi connectivity index (χ0n) is 11.1. The average Bonchev–Trinajstić information content (AvgIpc) is 2.57. The quantitative estimate of drug-likeness (QED) is 0.848. The molecule has 0 bridgehead atoms. The molecule has 1 saturated heterocycles. The number of nitrogens with zero attached hydrogens (tertiary/aromatic N) is 1. The van der Waals surface area contributed by atoms with Crippen molar-refractivity contribution in [2.45, 2.75) is 44.8 Å². The molecule has 0 saturated carbocycles.